The van der Waals surface area contributed by atoms with Gasteiger partial charge in [-0.3, -0.25) is 9.69 Å². The molecule has 1 amide bonds. The maximum absolute atomic E-state index is 13.6. The molecule has 2 heterocycles. The number of carbonyl (C=O) groups excluding carboxylic acids is 1. The van der Waals surface area contributed by atoms with Gasteiger partial charge >= 0.3 is 0 Å². The van der Waals surface area contributed by atoms with Crippen LogP contribution in [-0.2, 0) is 0 Å². The molecule has 1 aliphatic heterocycles. The smallest absolute Gasteiger partial charge is 0.263 e. The lowest BCUT2D eigenvalue weighted by atomic mass is 9.91. The van der Waals surface area contributed by atoms with Gasteiger partial charge < -0.3 is 14.4 Å². The Labute approximate surface area is 174 Å². The van der Waals surface area contributed by atoms with E-state index >= 15 is 0 Å². The lowest BCUT2D eigenvalue weighted by Crippen LogP contribution is -2.43. The highest BCUT2D eigenvalue weighted by molar-refractivity contribution is 9.10. The molecule has 0 radical (unpaired) electrons. The van der Waals surface area contributed by atoms with Crippen LogP contribution in [-0.4, -0.2) is 56.2 Å². The number of pyridine rings is 1. The van der Waals surface area contributed by atoms with Crippen LogP contribution >= 0.6 is 15.9 Å². The first-order valence-electron chi connectivity index (χ1n) is 9.24. The van der Waals surface area contributed by atoms with Gasteiger partial charge in [-0.05, 0) is 59.7 Å². The summed E-state index contributed by atoms with van der Waals surface area (Å²) in [5.74, 6) is 1.57. The number of halogens is 1. The van der Waals surface area contributed by atoms with Crippen LogP contribution in [0.25, 0.3) is 0 Å². The van der Waals surface area contributed by atoms with Gasteiger partial charge in [-0.2, -0.15) is 0 Å². The summed E-state index contributed by atoms with van der Waals surface area (Å²) in [7, 11) is 4.06. The number of aromatic nitrogens is 1. The van der Waals surface area contributed by atoms with E-state index in [0.29, 0.717) is 42.6 Å². The second-order valence-electron chi connectivity index (χ2n) is 7.96. The second kappa shape index (κ2) is 8.49. The molecule has 0 fully saturated rings. The minimum atomic E-state index is -0.149. The average Bonchev–Trinajstić information content (AvgIpc) is 2.65. The Morgan fingerprint density at radius 3 is 2.57 bits per heavy atom. The molecule has 0 saturated carbocycles. The summed E-state index contributed by atoms with van der Waals surface area (Å²) in [5, 5.41) is 0. The van der Waals surface area contributed by atoms with E-state index < -0.39 is 0 Å². The first-order valence-corrected chi connectivity index (χ1v) is 10.0. The highest BCUT2D eigenvalue weighted by Crippen LogP contribution is 2.35. The van der Waals surface area contributed by atoms with Crippen molar-refractivity contribution in [1.82, 2.24) is 9.88 Å². The van der Waals surface area contributed by atoms with Gasteiger partial charge in [0, 0.05) is 23.8 Å². The summed E-state index contributed by atoms with van der Waals surface area (Å²) in [6.07, 6.45) is 1.70. The molecule has 0 atom stereocenters. The van der Waals surface area contributed by atoms with Crippen molar-refractivity contribution in [1.29, 1.82) is 0 Å². The zero-order chi connectivity index (χ0) is 20.3. The number of hydrogen-bond acceptors (Lipinski definition) is 5. The summed E-state index contributed by atoms with van der Waals surface area (Å²) in [6, 6.07) is 9.16. The molecule has 0 N–H and O–H groups in total. The first kappa shape index (κ1) is 20.6. The van der Waals surface area contributed by atoms with Crippen LogP contribution in [0, 0.1) is 5.41 Å². The van der Waals surface area contributed by atoms with Gasteiger partial charge in [-0.1, -0.05) is 19.9 Å². The number of benzene rings is 1. The Morgan fingerprint density at radius 2 is 1.89 bits per heavy atom. The molecule has 1 aromatic heterocycles. The van der Waals surface area contributed by atoms with Crippen molar-refractivity contribution >= 4 is 27.7 Å². The summed E-state index contributed by atoms with van der Waals surface area (Å²) >= 11 is 3.41. The highest BCUT2D eigenvalue weighted by Gasteiger charge is 2.31. The van der Waals surface area contributed by atoms with Crippen molar-refractivity contribution in [2.24, 2.45) is 5.41 Å². The third-order valence-electron chi connectivity index (χ3n) is 4.36. The maximum Gasteiger partial charge on any atom is 0.263 e. The van der Waals surface area contributed by atoms with Gasteiger partial charge in [-0.15, -0.1) is 0 Å². The van der Waals surface area contributed by atoms with Crippen molar-refractivity contribution in [2.75, 3.05) is 45.3 Å². The third-order valence-corrected chi connectivity index (χ3v) is 4.83. The quantitative estimate of drug-likeness (QED) is 0.672. The van der Waals surface area contributed by atoms with E-state index in [1.807, 2.05) is 38.4 Å². The molecule has 7 heteroatoms. The molecule has 0 aliphatic carbocycles. The number of hydrogen-bond donors (Lipinski definition) is 0. The number of para-hydroxylation sites is 1. The van der Waals surface area contributed by atoms with Gasteiger partial charge in [0.2, 0.25) is 0 Å². The lowest BCUT2D eigenvalue weighted by Gasteiger charge is -2.34. The largest absolute Gasteiger partial charge is 0.486 e. The van der Waals surface area contributed by atoms with Crippen molar-refractivity contribution in [3.63, 3.8) is 0 Å². The summed E-state index contributed by atoms with van der Waals surface area (Å²) in [6.45, 7) is 6.56. The summed E-state index contributed by atoms with van der Waals surface area (Å²) in [4.78, 5) is 21.9. The predicted octanol–water partition coefficient (Wildman–Crippen LogP) is 3.85. The van der Waals surface area contributed by atoms with Crippen LogP contribution < -0.4 is 14.4 Å². The summed E-state index contributed by atoms with van der Waals surface area (Å²) < 4.78 is 12.3. The normalized spacial score (nSPS) is 13.5. The Hall–Kier alpha value is -2.12. The zero-order valence-electron chi connectivity index (χ0n) is 16.7. The van der Waals surface area contributed by atoms with Crippen molar-refractivity contribution in [2.45, 2.75) is 13.8 Å². The van der Waals surface area contributed by atoms with Gasteiger partial charge in [0.25, 0.3) is 5.91 Å². The molecule has 1 aromatic carbocycles. The van der Waals surface area contributed by atoms with Crippen LogP contribution in [0.4, 0.5) is 5.82 Å². The van der Waals surface area contributed by atoms with Crippen LogP contribution in [0.3, 0.4) is 0 Å². The topological polar surface area (TPSA) is 54.9 Å². The number of carbonyl (C=O) groups is 1. The monoisotopic (exact) mass is 447 g/mol. The molecular weight excluding hydrogens is 422 g/mol. The summed E-state index contributed by atoms with van der Waals surface area (Å²) in [5.41, 5.74) is 0.350. The third kappa shape index (κ3) is 4.83. The molecule has 0 spiro atoms. The highest BCUT2D eigenvalue weighted by atomic mass is 79.9. The molecule has 0 saturated heterocycles. The minimum Gasteiger partial charge on any atom is -0.486 e. The molecule has 2 aromatic rings. The van der Waals surface area contributed by atoms with Crippen molar-refractivity contribution < 1.29 is 14.3 Å². The Bertz CT molecular complexity index is 837. The number of fused-ring (bicyclic) bond motifs is 1. The first-order chi connectivity index (χ1) is 13.3. The number of ether oxygens (including phenoxy) is 2. The van der Waals surface area contributed by atoms with Gasteiger partial charge in [0.15, 0.2) is 11.5 Å². The van der Waals surface area contributed by atoms with E-state index in [1.165, 1.54) is 0 Å². The van der Waals surface area contributed by atoms with Gasteiger partial charge in [-0.25, -0.2) is 4.98 Å². The number of rotatable bonds is 6. The molecule has 0 bridgehead atoms. The van der Waals surface area contributed by atoms with E-state index in [2.05, 4.69) is 39.7 Å². The fourth-order valence-corrected chi connectivity index (χ4v) is 3.74. The van der Waals surface area contributed by atoms with Crippen LogP contribution in [0.1, 0.15) is 24.2 Å². The number of nitrogens with zero attached hydrogens (tertiary/aromatic N) is 3. The lowest BCUT2D eigenvalue weighted by molar-refractivity contribution is 0.0959. The zero-order valence-corrected chi connectivity index (χ0v) is 18.3. The predicted molar refractivity (Wildman–Crippen MR) is 113 cm³/mol. The molecule has 3 rings (SSSR count). The van der Waals surface area contributed by atoms with E-state index in [9.17, 15) is 4.79 Å². The fraction of sp³-hybridized carbons (Fsp3) is 0.429. The maximum atomic E-state index is 13.6. The minimum absolute atomic E-state index is 0.139. The van der Waals surface area contributed by atoms with E-state index in [4.69, 9.17) is 9.47 Å². The molecular formula is C21H26BrN3O3. The van der Waals surface area contributed by atoms with Crippen LogP contribution in [0.2, 0.25) is 0 Å². The van der Waals surface area contributed by atoms with Gasteiger partial charge in [0.1, 0.15) is 19.0 Å². The van der Waals surface area contributed by atoms with Gasteiger partial charge in [0.05, 0.1) is 5.56 Å². The molecule has 1 aliphatic rings. The Kier molecular flexibility index (Phi) is 6.25. The van der Waals surface area contributed by atoms with Crippen LogP contribution in [0.5, 0.6) is 11.5 Å². The second-order valence-corrected chi connectivity index (χ2v) is 8.87. The van der Waals surface area contributed by atoms with E-state index in [-0.39, 0.29) is 11.3 Å². The number of anilines is 1. The molecule has 150 valence electrons. The fourth-order valence-electron chi connectivity index (χ4n) is 3.51. The SMILES string of the molecule is CN(C)CC(C)(C)CN(C(=O)c1cccc2c1OCCO2)c1ccc(Br)cn1. The molecule has 28 heavy (non-hydrogen) atoms. The Balaban J connectivity index is 1.99. The van der Waals surface area contributed by atoms with Crippen molar-refractivity contribution in [3.8, 4) is 11.5 Å². The number of amides is 1. The van der Waals surface area contributed by atoms with Crippen LogP contribution in [0.15, 0.2) is 41.0 Å². The standard InChI is InChI=1S/C21H26BrN3O3/c1-21(2,13-24(3)4)14-25(18-9-8-15(22)12-23-18)20(26)16-6-5-7-17-19(16)28-11-10-27-17/h5-9,12H,10-11,13-14H2,1-4H3. The molecule has 0 unspecified atom stereocenters. The molecule has 6 nitrogen and oxygen atoms in total. The Morgan fingerprint density at radius 1 is 1.14 bits per heavy atom. The van der Waals surface area contributed by atoms with Crippen molar-refractivity contribution in [3.05, 3.63) is 46.6 Å². The van der Waals surface area contributed by atoms with E-state index in [1.54, 1.807) is 17.2 Å². The van der Waals surface area contributed by atoms with E-state index in [0.717, 1.165) is 11.0 Å². The average molecular weight is 448 g/mol.